The summed E-state index contributed by atoms with van der Waals surface area (Å²) in [6.07, 6.45) is 8.01. The van der Waals surface area contributed by atoms with Gasteiger partial charge in [0.1, 0.15) is 0 Å². The zero-order chi connectivity index (χ0) is 10.4. The van der Waals surface area contributed by atoms with E-state index in [1.165, 1.54) is 38.5 Å². The normalized spacial score (nSPS) is 20.6. The van der Waals surface area contributed by atoms with Crippen LogP contribution in [0.4, 0.5) is 0 Å². The van der Waals surface area contributed by atoms with Crippen LogP contribution in [0.1, 0.15) is 52.4 Å². The van der Waals surface area contributed by atoms with E-state index >= 15 is 0 Å². The molecule has 1 atom stereocenters. The first-order valence-corrected chi connectivity index (χ1v) is 6.27. The summed E-state index contributed by atoms with van der Waals surface area (Å²) in [6.45, 7) is 5.34. The number of hydrogen-bond donors (Lipinski definition) is 2. The van der Waals surface area contributed by atoms with Crippen LogP contribution in [0.15, 0.2) is 0 Å². The van der Waals surface area contributed by atoms with Crippen molar-refractivity contribution in [1.82, 2.24) is 5.32 Å². The van der Waals surface area contributed by atoms with E-state index in [1.807, 2.05) is 0 Å². The second-order valence-electron chi connectivity index (χ2n) is 4.57. The standard InChI is InChI=1S/C12H26N2/c1-3-10(4-2)12(9-13)14-11-7-5-6-8-11/h10-12,14H,3-9,13H2,1-2H3. The fourth-order valence-corrected chi connectivity index (χ4v) is 2.65. The van der Waals surface area contributed by atoms with Crippen molar-refractivity contribution in [2.24, 2.45) is 11.7 Å². The fourth-order valence-electron chi connectivity index (χ4n) is 2.65. The fraction of sp³-hybridized carbons (Fsp3) is 1.00. The van der Waals surface area contributed by atoms with Gasteiger partial charge < -0.3 is 11.1 Å². The minimum Gasteiger partial charge on any atom is -0.329 e. The van der Waals surface area contributed by atoms with Gasteiger partial charge in [0.15, 0.2) is 0 Å². The molecule has 0 aromatic rings. The van der Waals surface area contributed by atoms with E-state index in [2.05, 4.69) is 19.2 Å². The van der Waals surface area contributed by atoms with E-state index in [9.17, 15) is 0 Å². The van der Waals surface area contributed by atoms with Crippen molar-refractivity contribution in [3.63, 3.8) is 0 Å². The molecule has 0 saturated heterocycles. The van der Waals surface area contributed by atoms with E-state index in [4.69, 9.17) is 5.73 Å². The average molecular weight is 198 g/mol. The molecule has 0 aliphatic heterocycles. The van der Waals surface area contributed by atoms with Gasteiger partial charge in [-0.25, -0.2) is 0 Å². The lowest BCUT2D eigenvalue weighted by molar-refractivity contribution is 0.308. The number of nitrogens with one attached hydrogen (secondary N) is 1. The first-order chi connectivity index (χ1) is 6.81. The minimum atomic E-state index is 0.549. The average Bonchev–Trinajstić information content (AvgIpc) is 2.70. The number of nitrogens with two attached hydrogens (primary N) is 1. The SMILES string of the molecule is CCC(CC)C(CN)NC1CCCC1. The second kappa shape index (κ2) is 6.41. The van der Waals surface area contributed by atoms with Crippen molar-refractivity contribution >= 4 is 0 Å². The summed E-state index contributed by atoms with van der Waals surface area (Å²) in [5, 5.41) is 3.74. The smallest absolute Gasteiger partial charge is 0.0220 e. The van der Waals surface area contributed by atoms with Gasteiger partial charge in [-0.15, -0.1) is 0 Å². The van der Waals surface area contributed by atoms with Gasteiger partial charge in [-0.2, -0.15) is 0 Å². The number of hydrogen-bond acceptors (Lipinski definition) is 2. The molecular formula is C12H26N2. The Morgan fingerprint density at radius 1 is 1.21 bits per heavy atom. The van der Waals surface area contributed by atoms with Crippen LogP contribution in [0.2, 0.25) is 0 Å². The van der Waals surface area contributed by atoms with E-state index in [0.717, 1.165) is 18.5 Å². The highest BCUT2D eigenvalue weighted by molar-refractivity contribution is 4.82. The summed E-state index contributed by atoms with van der Waals surface area (Å²) in [4.78, 5) is 0. The summed E-state index contributed by atoms with van der Waals surface area (Å²) in [5.74, 6) is 0.764. The molecule has 0 heterocycles. The van der Waals surface area contributed by atoms with Crippen LogP contribution in [0.3, 0.4) is 0 Å². The van der Waals surface area contributed by atoms with Crippen LogP contribution in [-0.2, 0) is 0 Å². The quantitative estimate of drug-likeness (QED) is 0.687. The predicted molar refractivity (Wildman–Crippen MR) is 62.3 cm³/mol. The molecule has 0 aromatic heterocycles. The summed E-state index contributed by atoms with van der Waals surface area (Å²) in [6, 6.07) is 1.30. The van der Waals surface area contributed by atoms with Crippen LogP contribution in [0.25, 0.3) is 0 Å². The van der Waals surface area contributed by atoms with Crippen LogP contribution in [0.5, 0.6) is 0 Å². The molecule has 1 aliphatic carbocycles. The van der Waals surface area contributed by atoms with Crippen LogP contribution in [0, 0.1) is 5.92 Å². The van der Waals surface area contributed by atoms with E-state index in [1.54, 1.807) is 0 Å². The third-order valence-electron chi connectivity index (χ3n) is 3.68. The van der Waals surface area contributed by atoms with Gasteiger partial charge in [-0.05, 0) is 18.8 Å². The molecule has 0 radical (unpaired) electrons. The molecule has 14 heavy (non-hydrogen) atoms. The van der Waals surface area contributed by atoms with Crippen LogP contribution >= 0.6 is 0 Å². The predicted octanol–water partition coefficient (Wildman–Crippen LogP) is 2.28. The summed E-state index contributed by atoms with van der Waals surface area (Å²) < 4.78 is 0. The Balaban J connectivity index is 2.35. The van der Waals surface area contributed by atoms with E-state index in [-0.39, 0.29) is 0 Å². The third kappa shape index (κ3) is 3.25. The van der Waals surface area contributed by atoms with E-state index in [0.29, 0.717) is 6.04 Å². The zero-order valence-electron chi connectivity index (χ0n) is 9.76. The molecule has 2 nitrogen and oxygen atoms in total. The van der Waals surface area contributed by atoms with Gasteiger partial charge in [0.05, 0.1) is 0 Å². The molecule has 1 unspecified atom stereocenters. The molecular weight excluding hydrogens is 172 g/mol. The van der Waals surface area contributed by atoms with Gasteiger partial charge in [0.2, 0.25) is 0 Å². The maximum atomic E-state index is 5.84. The third-order valence-corrected chi connectivity index (χ3v) is 3.68. The summed E-state index contributed by atoms with van der Waals surface area (Å²) in [7, 11) is 0. The molecule has 84 valence electrons. The molecule has 1 aliphatic rings. The molecule has 1 fully saturated rings. The Labute approximate surface area is 88.6 Å². The summed E-state index contributed by atoms with van der Waals surface area (Å²) >= 11 is 0. The lowest BCUT2D eigenvalue weighted by atomic mass is 9.93. The van der Waals surface area contributed by atoms with Crippen molar-refractivity contribution < 1.29 is 0 Å². The minimum absolute atomic E-state index is 0.549. The van der Waals surface area contributed by atoms with Crippen molar-refractivity contribution in [2.45, 2.75) is 64.5 Å². The van der Waals surface area contributed by atoms with Crippen molar-refractivity contribution in [2.75, 3.05) is 6.54 Å². The Hall–Kier alpha value is -0.0800. The number of rotatable bonds is 6. The van der Waals surface area contributed by atoms with Gasteiger partial charge >= 0.3 is 0 Å². The van der Waals surface area contributed by atoms with Crippen molar-refractivity contribution in [3.8, 4) is 0 Å². The molecule has 0 amide bonds. The first kappa shape index (κ1) is 12.0. The van der Waals surface area contributed by atoms with Gasteiger partial charge in [0.25, 0.3) is 0 Å². The van der Waals surface area contributed by atoms with Crippen LogP contribution in [-0.4, -0.2) is 18.6 Å². The molecule has 1 rings (SSSR count). The Morgan fingerprint density at radius 3 is 2.21 bits per heavy atom. The lowest BCUT2D eigenvalue weighted by Crippen LogP contribution is -2.46. The molecule has 0 bridgehead atoms. The van der Waals surface area contributed by atoms with Crippen molar-refractivity contribution in [3.05, 3.63) is 0 Å². The second-order valence-corrected chi connectivity index (χ2v) is 4.57. The highest BCUT2D eigenvalue weighted by Crippen LogP contribution is 2.20. The molecule has 3 N–H and O–H groups in total. The highest BCUT2D eigenvalue weighted by Gasteiger charge is 2.22. The van der Waals surface area contributed by atoms with E-state index < -0.39 is 0 Å². The Bertz CT molecular complexity index is 137. The maximum Gasteiger partial charge on any atom is 0.0220 e. The zero-order valence-corrected chi connectivity index (χ0v) is 9.76. The molecule has 0 aromatic carbocycles. The van der Waals surface area contributed by atoms with Gasteiger partial charge in [-0.1, -0.05) is 39.5 Å². The summed E-state index contributed by atoms with van der Waals surface area (Å²) in [5.41, 5.74) is 5.84. The molecule has 2 heteroatoms. The maximum absolute atomic E-state index is 5.84. The Kier molecular flexibility index (Phi) is 5.49. The largest absolute Gasteiger partial charge is 0.329 e. The van der Waals surface area contributed by atoms with Gasteiger partial charge in [0, 0.05) is 18.6 Å². The van der Waals surface area contributed by atoms with Crippen molar-refractivity contribution in [1.29, 1.82) is 0 Å². The first-order valence-electron chi connectivity index (χ1n) is 6.27. The van der Waals surface area contributed by atoms with Crippen LogP contribution < -0.4 is 11.1 Å². The highest BCUT2D eigenvalue weighted by atomic mass is 15.0. The monoisotopic (exact) mass is 198 g/mol. The topological polar surface area (TPSA) is 38.0 Å². The Morgan fingerprint density at radius 2 is 1.79 bits per heavy atom. The molecule has 0 spiro atoms. The lowest BCUT2D eigenvalue weighted by Gasteiger charge is -2.28. The van der Waals surface area contributed by atoms with Gasteiger partial charge in [-0.3, -0.25) is 0 Å². The molecule has 1 saturated carbocycles.